The number of hydrogen-bond acceptors (Lipinski definition) is 8. The summed E-state index contributed by atoms with van der Waals surface area (Å²) in [5.41, 5.74) is 9.24. The Morgan fingerprint density at radius 1 is 1.15 bits per heavy atom. The average Bonchev–Trinajstić information content (AvgIpc) is 3.73. The van der Waals surface area contributed by atoms with Crippen LogP contribution in [0.3, 0.4) is 0 Å². The number of likely N-dealkylation sites (tertiary alicyclic amines) is 1. The number of ether oxygens (including phenoxy) is 1. The first-order valence-corrected chi connectivity index (χ1v) is 13.3. The number of ketones is 1. The lowest BCUT2D eigenvalue weighted by Gasteiger charge is -2.37. The van der Waals surface area contributed by atoms with Crippen molar-refractivity contribution in [1.82, 2.24) is 29.6 Å². The number of nitrogens with zero attached hydrogens (tertiary/aromatic N) is 6. The minimum absolute atomic E-state index is 0.0587. The number of nitrogens with one attached hydrogen (secondary N) is 1. The average molecular weight is 539 g/mol. The quantitative estimate of drug-likeness (QED) is 0.272. The molecule has 0 spiro atoms. The first kappa shape index (κ1) is 25.6. The molecule has 1 aromatic carbocycles. The van der Waals surface area contributed by atoms with Gasteiger partial charge in [0.05, 0.1) is 35.8 Å². The number of aromatic amines is 1. The molecule has 2 aliphatic rings. The van der Waals surface area contributed by atoms with E-state index in [4.69, 9.17) is 10.5 Å². The Morgan fingerprint density at radius 3 is 2.58 bits per heavy atom. The Balaban J connectivity index is 1.23. The van der Waals surface area contributed by atoms with Crippen LogP contribution in [0.25, 0.3) is 16.7 Å². The maximum Gasteiger partial charge on any atom is 0.295 e. The zero-order valence-corrected chi connectivity index (χ0v) is 22.3. The second-order valence-corrected chi connectivity index (χ2v) is 10.1. The van der Waals surface area contributed by atoms with E-state index in [-0.39, 0.29) is 23.4 Å². The van der Waals surface area contributed by atoms with E-state index in [1.54, 1.807) is 24.4 Å². The smallest absolute Gasteiger partial charge is 0.295 e. The van der Waals surface area contributed by atoms with Crippen LogP contribution in [0.5, 0.6) is 5.75 Å². The molecule has 1 amide bonds. The summed E-state index contributed by atoms with van der Waals surface area (Å²) in [5, 5.41) is 4.81. The predicted molar refractivity (Wildman–Crippen MR) is 150 cm³/mol. The minimum atomic E-state index is -0.596. The maximum absolute atomic E-state index is 13.6. The lowest BCUT2D eigenvalue weighted by Crippen LogP contribution is -2.44. The van der Waals surface area contributed by atoms with E-state index in [0.29, 0.717) is 41.4 Å². The van der Waals surface area contributed by atoms with Crippen molar-refractivity contribution in [1.29, 1.82) is 0 Å². The first-order valence-electron chi connectivity index (χ1n) is 13.3. The van der Waals surface area contributed by atoms with Gasteiger partial charge in [0.2, 0.25) is 0 Å². The van der Waals surface area contributed by atoms with Gasteiger partial charge < -0.3 is 20.4 Å². The molecular formula is C29H30N8O3. The van der Waals surface area contributed by atoms with Crippen molar-refractivity contribution >= 4 is 28.3 Å². The zero-order valence-electron chi connectivity index (χ0n) is 22.3. The van der Waals surface area contributed by atoms with Crippen LogP contribution in [-0.2, 0) is 4.79 Å². The maximum atomic E-state index is 13.6. The number of aryl methyl sites for hydroxylation is 1. The van der Waals surface area contributed by atoms with Crippen molar-refractivity contribution in [2.24, 2.45) is 16.6 Å². The van der Waals surface area contributed by atoms with Gasteiger partial charge in [-0.15, -0.1) is 0 Å². The molecular weight excluding hydrogens is 508 g/mol. The van der Waals surface area contributed by atoms with E-state index in [9.17, 15) is 9.59 Å². The van der Waals surface area contributed by atoms with Crippen molar-refractivity contribution in [2.45, 2.75) is 31.7 Å². The molecule has 0 radical (unpaired) electrons. The van der Waals surface area contributed by atoms with Crippen LogP contribution >= 0.6 is 0 Å². The van der Waals surface area contributed by atoms with Gasteiger partial charge in [0, 0.05) is 37.1 Å². The Bertz CT molecular complexity index is 1630. The summed E-state index contributed by atoms with van der Waals surface area (Å²) in [6.45, 7) is 2.72. The van der Waals surface area contributed by atoms with Crippen LogP contribution in [0.1, 0.15) is 40.5 Å². The summed E-state index contributed by atoms with van der Waals surface area (Å²) in [7, 11) is 1.50. The number of aromatic nitrogens is 5. The van der Waals surface area contributed by atoms with Gasteiger partial charge in [0.1, 0.15) is 17.9 Å². The Hall–Kier alpha value is -4.64. The molecule has 0 bridgehead atoms. The molecule has 5 heterocycles. The summed E-state index contributed by atoms with van der Waals surface area (Å²) in [4.78, 5) is 45.0. The fraction of sp³-hybridized carbons (Fsp3) is 0.310. The highest BCUT2D eigenvalue weighted by Gasteiger charge is 2.36. The van der Waals surface area contributed by atoms with Gasteiger partial charge in [-0.05, 0) is 37.3 Å². The van der Waals surface area contributed by atoms with Crippen molar-refractivity contribution < 1.29 is 14.3 Å². The molecule has 2 atom stereocenters. The lowest BCUT2D eigenvalue weighted by atomic mass is 9.75. The van der Waals surface area contributed by atoms with Crippen LogP contribution in [0.4, 0.5) is 0 Å². The second kappa shape index (κ2) is 10.5. The minimum Gasteiger partial charge on any atom is -0.494 e. The molecule has 1 saturated heterocycles. The van der Waals surface area contributed by atoms with Crippen LogP contribution in [-0.4, -0.2) is 73.3 Å². The van der Waals surface area contributed by atoms with Gasteiger partial charge in [0.15, 0.2) is 5.82 Å². The summed E-state index contributed by atoms with van der Waals surface area (Å²) >= 11 is 0. The fourth-order valence-corrected chi connectivity index (χ4v) is 5.79. The molecule has 0 saturated carbocycles. The van der Waals surface area contributed by atoms with E-state index < -0.39 is 11.7 Å². The highest BCUT2D eigenvalue weighted by molar-refractivity contribution is 6.45. The fourth-order valence-electron chi connectivity index (χ4n) is 5.79. The molecule has 204 valence electrons. The van der Waals surface area contributed by atoms with Crippen LogP contribution < -0.4 is 10.5 Å². The number of carbonyl (C=O) groups excluding carboxylic acids is 2. The Labute approximate surface area is 230 Å². The molecule has 3 N–H and O–H groups in total. The summed E-state index contributed by atoms with van der Waals surface area (Å²) in [5.74, 6) is 0.602. The monoisotopic (exact) mass is 538 g/mol. The molecule has 11 heteroatoms. The number of pyridine rings is 1. The van der Waals surface area contributed by atoms with Gasteiger partial charge in [-0.2, -0.15) is 5.10 Å². The third-order valence-corrected chi connectivity index (χ3v) is 7.77. The number of aliphatic imine (C=N–C) groups is 1. The molecule has 6 rings (SSSR count). The van der Waals surface area contributed by atoms with Crippen molar-refractivity contribution in [3.8, 4) is 11.6 Å². The van der Waals surface area contributed by atoms with Gasteiger partial charge in [-0.25, -0.2) is 14.6 Å². The van der Waals surface area contributed by atoms with E-state index in [1.807, 2.05) is 24.3 Å². The highest BCUT2D eigenvalue weighted by atomic mass is 16.5. The SMILES string of the molecule is COc1cnc(-n2cnc(C)n2)c2[nH]cc(C(=O)C(=O)N3CCC(C(C4=NC=CC4N)c4ccccc4)CC3)c12. The van der Waals surface area contributed by atoms with E-state index in [2.05, 4.69) is 37.2 Å². The number of benzene rings is 1. The molecule has 2 aliphatic heterocycles. The lowest BCUT2D eigenvalue weighted by molar-refractivity contribution is -0.127. The zero-order chi connectivity index (χ0) is 27.8. The largest absolute Gasteiger partial charge is 0.494 e. The molecule has 4 aromatic rings. The van der Waals surface area contributed by atoms with Gasteiger partial charge in [0.25, 0.3) is 11.7 Å². The Kier molecular flexibility index (Phi) is 6.72. The number of H-pyrrole nitrogens is 1. The third-order valence-electron chi connectivity index (χ3n) is 7.77. The van der Waals surface area contributed by atoms with Crippen molar-refractivity contribution in [3.63, 3.8) is 0 Å². The van der Waals surface area contributed by atoms with E-state index >= 15 is 0 Å². The number of carbonyl (C=O) groups is 2. The van der Waals surface area contributed by atoms with Gasteiger partial charge in [-0.3, -0.25) is 14.6 Å². The molecule has 1 fully saturated rings. The van der Waals surface area contributed by atoms with Crippen molar-refractivity contribution in [3.05, 3.63) is 78.3 Å². The van der Waals surface area contributed by atoms with E-state index in [0.717, 1.165) is 18.6 Å². The van der Waals surface area contributed by atoms with Gasteiger partial charge in [-0.1, -0.05) is 30.3 Å². The van der Waals surface area contributed by atoms with Crippen LogP contribution in [0, 0.1) is 12.8 Å². The number of amides is 1. The summed E-state index contributed by atoms with van der Waals surface area (Å²) < 4.78 is 7.03. The van der Waals surface area contributed by atoms with Gasteiger partial charge >= 0.3 is 0 Å². The van der Waals surface area contributed by atoms with E-state index in [1.165, 1.54) is 29.7 Å². The normalized spacial score (nSPS) is 18.2. The van der Waals surface area contributed by atoms with Crippen LogP contribution in [0.15, 0.2) is 66.3 Å². The third kappa shape index (κ3) is 4.47. The highest BCUT2D eigenvalue weighted by Crippen LogP contribution is 2.37. The number of nitrogens with two attached hydrogens (primary N) is 1. The molecule has 3 aromatic heterocycles. The molecule has 11 nitrogen and oxygen atoms in total. The number of fused-ring (bicyclic) bond motifs is 1. The van der Waals surface area contributed by atoms with Crippen molar-refractivity contribution in [2.75, 3.05) is 20.2 Å². The number of Topliss-reactive ketones (excluding diaryl/α,β-unsaturated/α-hetero) is 1. The standard InChI is InChI=1S/C29H30N8O3/c1-17-34-16-37(35-17)28-26-24(22(40-2)15-33-28)20(14-32-26)27(38)29(39)36-12-9-19(10-13-36)23(18-6-4-3-5-7-18)25-21(30)8-11-31-25/h3-8,11,14-16,19,21,23,32H,9-10,12-13,30H2,1-2H3. The first-order chi connectivity index (χ1) is 19.5. The number of piperidine rings is 1. The van der Waals surface area contributed by atoms with Crippen LogP contribution in [0.2, 0.25) is 0 Å². The topological polar surface area (TPSA) is 144 Å². The number of rotatable bonds is 7. The number of methoxy groups -OCH3 is 1. The summed E-state index contributed by atoms with van der Waals surface area (Å²) in [6.07, 6.45) is 9.75. The second-order valence-electron chi connectivity index (χ2n) is 10.1. The molecule has 0 aliphatic carbocycles. The summed E-state index contributed by atoms with van der Waals surface area (Å²) in [6, 6.07) is 10.0. The predicted octanol–water partition coefficient (Wildman–Crippen LogP) is 2.96. The Morgan fingerprint density at radius 2 is 1.93 bits per heavy atom. The number of hydrogen-bond donors (Lipinski definition) is 2. The molecule has 2 unspecified atom stereocenters. The molecule has 40 heavy (non-hydrogen) atoms.